The van der Waals surface area contributed by atoms with Crippen LogP contribution in [0.25, 0.3) is 11.3 Å². The fourth-order valence-electron chi connectivity index (χ4n) is 2.31. The third-order valence-electron chi connectivity index (χ3n) is 3.16. The number of benzene rings is 1. The van der Waals surface area contributed by atoms with Gasteiger partial charge in [-0.3, -0.25) is 0 Å². The standard InChI is InChI=1S/C16H22N2O/c1-5-11-18-15(19)13(16(2,3)4)14(17-18)12-9-7-6-8-10-12/h6-10,19H,5,11H2,1-4H3. The van der Waals surface area contributed by atoms with E-state index in [0.29, 0.717) is 5.88 Å². The second kappa shape index (κ2) is 5.08. The zero-order valence-corrected chi connectivity index (χ0v) is 12.1. The highest BCUT2D eigenvalue weighted by Gasteiger charge is 2.28. The van der Waals surface area contributed by atoms with Gasteiger partial charge in [-0.1, -0.05) is 58.0 Å². The number of nitrogens with zero attached hydrogens (tertiary/aromatic N) is 2. The predicted molar refractivity (Wildman–Crippen MR) is 78.3 cm³/mol. The summed E-state index contributed by atoms with van der Waals surface area (Å²) in [5.41, 5.74) is 2.73. The molecule has 0 bridgehead atoms. The number of aryl methyl sites for hydroxylation is 1. The summed E-state index contributed by atoms with van der Waals surface area (Å²) in [6, 6.07) is 10.1. The lowest BCUT2D eigenvalue weighted by molar-refractivity contribution is 0.383. The van der Waals surface area contributed by atoms with Gasteiger partial charge in [-0.2, -0.15) is 5.10 Å². The Kier molecular flexibility index (Phi) is 3.65. The van der Waals surface area contributed by atoms with Crippen molar-refractivity contribution in [2.75, 3.05) is 0 Å². The Bertz CT molecular complexity index is 550. The van der Waals surface area contributed by atoms with Crippen LogP contribution in [0.1, 0.15) is 39.7 Å². The predicted octanol–water partition coefficient (Wildman–Crippen LogP) is 3.96. The lowest BCUT2D eigenvalue weighted by Gasteiger charge is -2.19. The van der Waals surface area contributed by atoms with Gasteiger partial charge in [0.15, 0.2) is 0 Å². The summed E-state index contributed by atoms with van der Waals surface area (Å²) in [5.74, 6) is 0.299. The SMILES string of the molecule is CCCn1nc(-c2ccccc2)c(C(C)(C)C)c1O. The average molecular weight is 258 g/mol. The van der Waals surface area contributed by atoms with Crippen LogP contribution >= 0.6 is 0 Å². The molecule has 3 heteroatoms. The molecule has 0 aliphatic carbocycles. The van der Waals surface area contributed by atoms with Crippen molar-refractivity contribution in [1.29, 1.82) is 0 Å². The van der Waals surface area contributed by atoms with Gasteiger partial charge in [-0.15, -0.1) is 0 Å². The highest BCUT2D eigenvalue weighted by molar-refractivity contribution is 5.67. The van der Waals surface area contributed by atoms with Gasteiger partial charge in [0.2, 0.25) is 5.88 Å². The number of hydrogen-bond acceptors (Lipinski definition) is 2. The Labute approximate surface area is 114 Å². The maximum Gasteiger partial charge on any atom is 0.213 e. The molecule has 1 aromatic carbocycles. The van der Waals surface area contributed by atoms with Gasteiger partial charge in [0.05, 0.1) is 5.69 Å². The molecule has 2 aromatic rings. The molecule has 0 atom stereocenters. The van der Waals surface area contributed by atoms with Crippen molar-refractivity contribution in [2.24, 2.45) is 0 Å². The summed E-state index contributed by atoms with van der Waals surface area (Å²) < 4.78 is 1.71. The van der Waals surface area contributed by atoms with E-state index < -0.39 is 0 Å². The van der Waals surface area contributed by atoms with Crippen molar-refractivity contribution in [3.8, 4) is 17.1 Å². The third-order valence-corrected chi connectivity index (χ3v) is 3.16. The smallest absolute Gasteiger partial charge is 0.213 e. The highest BCUT2D eigenvalue weighted by atomic mass is 16.3. The zero-order chi connectivity index (χ0) is 14.0. The Morgan fingerprint density at radius 2 is 1.79 bits per heavy atom. The van der Waals surface area contributed by atoms with E-state index in [-0.39, 0.29) is 5.41 Å². The second-order valence-electron chi connectivity index (χ2n) is 5.89. The molecule has 102 valence electrons. The van der Waals surface area contributed by atoms with Crippen molar-refractivity contribution >= 4 is 0 Å². The molecule has 0 radical (unpaired) electrons. The lowest BCUT2D eigenvalue weighted by atomic mass is 9.85. The van der Waals surface area contributed by atoms with Gasteiger partial charge in [0.1, 0.15) is 0 Å². The molecular weight excluding hydrogens is 236 g/mol. The molecule has 1 N–H and O–H groups in total. The molecular formula is C16H22N2O. The van der Waals surface area contributed by atoms with Crippen LogP contribution in [0.15, 0.2) is 30.3 Å². The molecule has 0 saturated carbocycles. The normalized spacial score (nSPS) is 11.8. The molecule has 0 aliphatic rings. The summed E-state index contributed by atoms with van der Waals surface area (Å²) in [6.45, 7) is 9.13. The van der Waals surface area contributed by atoms with Gasteiger partial charge < -0.3 is 5.11 Å². The van der Waals surface area contributed by atoms with Gasteiger partial charge in [-0.25, -0.2) is 4.68 Å². The van der Waals surface area contributed by atoms with Crippen LogP contribution < -0.4 is 0 Å². The first-order valence-corrected chi connectivity index (χ1v) is 6.80. The summed E-state index contributed by atoms with van der Waals surface area (Å²) >= 11 is 0. The first-order valence-electron chi connectivity index (χ1n) is 6.80. The maximum absolute atomic E-state index is 10.4. The molecule has 0 unspecified atom stereocenters. The second-order valence-corrected chi connectivity index (χ2v) is 5.89. The monoisotopic (exact) mass is 258 g/mol. The maximum atomic E-state index is 10.4. The van der Waals surface area contributed by atoms with E-state index in [1.165, 1.54) is 0 Å². The van der Waals surface area contributed by atoms with Crippen LogP contribution in [0.5, 0.6) is 5.88 Å². The highest BCUT2D eigenvalue weighted by Crippen LogP contribution is 2.38. The van der Waals surface area contributed by atoms with Crippen molar-refractivity contribution in [1.82, 2.24) is 9.78 Å². The molecule has 3 nitrogen and oxygen atoms in total. The number of rotatable bonds is 3. The molecule has 0 fully saturated rings. The van der Waals surface area contributed by atoms with Crippen molar-refractivity contribution < 1.29 is 5.11 Å². The summed E-state index contributed by atoms with van der Waals surface area (Å²) in [5, 5.41) is 15.0. The van der Waals surface area contributed by atoms with Gasteiger partial charge in [0.25, 0.3) is 0 Å². The van der Waals surface area contributed by atoms with E-state index in [0.717, 1.165) is 29.8 Å². The molecule has 0 spiro atoms. The minimum atomic E-state index is -0.138. The average Bonchev–Trinajstić information content (AvgIpc) is 2.68. The van der Waals surface area contributed by atoms with Gasteiger partial charge >= 0.3 is 0 Å². The van der Waals surface area contributed by atoms with Crippen molar-refractivity contribution in [3.63, 3.8) is 0 Å². The summed E-state index contributed by atoms with van der Waals surface area (Å²) in [4.78, 5) is 0. The Hall–Kier alpha value is -1.77. The lowest BCUT2D eigenvalue weighted by Crippen LogP contribution is -2.12. The zero-order valence-electron chi connectivity index (χ0n) is 12.1. The van der Waals surface area contributed by atoms with Crippen LogP contribution in [-0.4, -0.2) is 14.9 Å². The molecule has 0 saturated heterocycles. The van der Waals surface area contributed by atoms with Crippen LogP contribution in [0.4, 0.5) is 0 Å². The quantitative estimate of drug-likeness (QED) is 0.904. The van der Waals surface area contributed by atoms with E-state index in [9.17, 15) is 5.11 Å². The van der Waals surface area contributed by atoms with Gasteiger partial charge in [-0.05, 0) is 11.8 Å². The number of hydrogen-bond donors (Lipinski definition) is 1. The molecule has 1 aromatic heterocycles. The minimum absolute atomic E-state index is 0.138. The van der Waals surface area contributed by atoms with Crippen LogP contribution in [0.3, 0.4) is 0 Å². The molecule has 0 aliphatic heterocycles. The van der Waals surface area contributed by atoms with E-state index >= 15 is 0 Å². The first kappa shape index (κ1) is 13.7. The van der Waals surface area contributed by atoms with Crippen LogP contribution in [0.2, 0.25) is 0 Å². The number of aromatic hydroxyl groups is 1. The minimum Gasteiger partial charge on any atom is -0.493 e. The Balaban J connectivity index is 2.63. The first-order chi connectivity index (χ1) is 8.95. The van der Waals surface area contributed by atoms with Crippen LogP contribution in [-0.2, 0) is 12.0 Å². The van der Waals surface area contributed by atoms with Gasteiger partial charge in [0, 0.05) is 17.7 Å². The topological polar surface area (TPSA) is 38.0 Å². The summed E-state index contributed by atoms with van der Waals surface area (Å²) in [6.07, 6.45) is 0.951. The summed E-state index contributed by atoms with van der Waals surface area (Å²) in [7, 11) is 0. The Morgan fingerprint density at radius 1 is 1.16 bits per heavy atom. The third kappa shape index (κ3) is 2.65. The largest absolute Gasteiger partial charge is 0.493 e. The molecule has 2 rings (SSSR count). The fourth-order valence-corrected chi connectivity index (χ4v) is 2.31. The number of aromatic nitrogens is 2. The van der Waals surface area contributed by atoms with E-state index in [1.54, 1.807) is 4.68 Å². The van der Waals surface area contributed by atoms with E-state index in [1.807, 2.05) is 30.3 Å². The molecule has 1 heterocycles. The fraction of sp³-hybridized carbons (Fsp3) is 0.438. The van der Waals surface area contributed by atoms with E-state index in [4.69, 9.17) is 0 Å². The van der Waals surface area contributed by atoms with E-state index in [2.05, 4.69) is 32.8 Å². The van der Waals surface area contributed by atoms with Crippen molar-refractivity contribution in [3.05, 3.63) is 35.9 Å². The molecule has 0 amide bonds. The van der Waals surface area contributed by atoms with Crippen molar-refractivity contribution in [2.45, 2.75) is 46.1 Å². The van der Waals surface area contributed by atoms with Crippen LogP contribution in [0, 0.1) is 0 Å². The Morgan fingerprint density at radius 3 is 2.32 bits per heavy atom. The molecule has 19 heavy (non-hydrogen) atoms.